The average Bonchev–Trinajstić information content (AvgIpc) is 3.34. The summed E-state index contributed by atoms with van der Waals surface area (Å²) in [7, 11) is 0. The molecule has 0 unspecified atom stereocenters. The van der Waals surface area contributed by atoms with Crippen LogP contribution in [0.2, 0.25) is 0 Å². The summed E-state index contributed by atoms with van der Waals surface area (Å²) < 4.78 is 5.88. The van der Waals surface area contributed by atoms with Gasteiger partial charge in [-0.25, -0.2) is 14.8 Å². The Morgan fingerprint density at radius 2 is 1.77 bits per heavy atom. The molecule has 1 aliphatic heterocycles. The number of aromatic amines is 1. The minimum Gasteiger partial charge on any atom is -0.451 e. The topological polar surface area (TPSA) is 80.8 Å². The van der Waals surface area contributed by atoms with E-state index in [-0.39, 0.29) is 5.97 Å². The molecule has 1 saturated carbocycles. The molecular weight excluding hydrogens is 376 g/mol. The van der Waals surface area contributed by atoms with E-state index in [0.717, 1.165) is 54.0 Å². The molecule has 1 aromatic carbocycles. The standard InChI is InChI=1S/C24H20N4O2/c29-23-16-5-1-2-6-17(16)24(30-23)12-10-15(11-13-24)21-27-20-9-8-19(26-22(20)28-21)18-7-3-4-14-25-18/h1-9,14-15H,10-13H2,(H,26,27,28). The van der Waals surface area contributed by atoms with Crippen LogP contribution in [0.4, 0.5) is 0 Å². The highest BCUT2D eigenvalue weighted by atomic mass is 16.6. The number of carbonyl (C=O) groups is 1. The summed E-state index contributed by atoms with van der Waals surface area (Å²) in [5, 5.41) is 0. The molecule has 30 heavy (non-hydrogen) atoms. The Morgan fingerprint density at radius 1 is 0.933 bits per heavy atom. The number of fused-ring (bicyclic) bond motifs is 3. The number of pyridine rings is 2. The number of hydrogen-bond acceptors (Lipinski definition) is 5. The third-order valence-corrected chi connectivity index (χ3v) is 6.40. The van der Waals surface area contributed by atoms with Crippen molar-refractivity contribution in [2.45, 2.75) is 37.2 Å². The first-order chi connectivity index (χ1) is 14.7. The largest absolute Gasteiger partial charge is 0.451 e. The number of imidazole rings is 1. The SMILES string of the molecule is O=C1OC2(CCC(c3nc4nc(-c5ccccn5)ccc4[nH]3)CC2)c2ccccc21. The van der Waals surface area contributed by atoms with Gasteiger partial charge in [0.05, 0.1) is 22.5 Å². The predicted molar refractivity (Wildman–Crippen MR) is 112 cm³/mol. The van der Waals surface area contributed by atoms with Crippen molar-refractivity contribution in [1.82, 2.24) is 19.9 Å². The maximum absolute atomic E-state index is 12.3. The molecule has 0 amide bonds. The van der Waals surface area contributed by atoms with Crippen molar-refractivity contribution < 1.29 is 9.53 Å². The van der Waals surface area contributed by atoms with Gasteiger partial charge in [-0.2, -0.15) is 0 Å². The van der Waals surface area contributed by atoms with Crippen molar-refractivity contribution in [2.24, 2.45) is 0 Å². The van der Waals surface area contributed by atoms with Crippen molar-refractivity contribution in [3.8, 4) is 11.4 Å². The molecule has 4 aromatic rings. The lowest BCUT2D eigenvalue weighted by Crippen LogP contribution is -2.31. The number of H-pyrrole nitrogens is 1. The first-order valence-corrected chi connectivity index (χ1v) is 10.3. The molecule has 6 nitrogen and oxygen atoms in total. The van der Waals surface area contributed by atoms with E-state index in [1.54, 1.807) is 6.20 Å². The second kappa shape index (κ2) is 6.49. The molecule has 0 radical (unpaired) electrons. The highest BCUT2D eigenvalue weighted by Gasteiger charge is 2.47. The third-order valence-electron chi connectivity index (χ3n) is 6.40. The van der Waals surface area contributed by atoms with Crippen LogP contribution in [0.3, 0.4) is 0 Å². The second-order valence-electron chi connectivity index (χ2n) is 8.11. The van der Waals surface area contributed by atoms with Gasteiger partial charge < -0.3 is 9.72 Å². The summed E-state index contributed by atoms with van der Waals surface area (Å²) in [4.78, 5) is 29.6. The fraction of sp³-hybridized carbons (Fsp3) is 0.250. The van der Waals surface area contributed by atoms with Crippen LogP contribution in [-0.2, 0) is 10.3 Å². The normalized spacial score (nSPS) is 22.9. The predicted octanol–water partition coefficient (Wildman–Crippen LogP) is 4.74. The van der Waals surface area contributed by atoms with Gasteiger partial charge in [0.2, 0.25) is 0 Å². The van der Waals surface area contributed by atoms with Crippen molar-refractivity contribution >= 4 is 17.1 Å². The van der Waals surface area contributed by atoms with E-state index in [2.05, 4.69) is 9.97 Å². The van der Waals surface area contributed by atoms with Gasteiger partial charge in [0.1, 0.15) is 11.4 Å². The zero-order valence-corrected chi connectivity index (χ0v) is 16.3. The van der Waals surface area contributed by atoms with Gasteiger partial charge in [0.15, 0.2) is 5.65 Å². The Kier molecular flexibility index (Phi) is 3.75. The Balaban J connectivity index is 1.26. The lowest BCUT2D eigenvalue weighted by atomic mass is 9.75. The molecule has 148 valence electrons. The molecule has 0 saturated heterocycles. The van der Waals surface area contributed by atoms with E-state index in [0.29, 0.717) is 17.1 Å². The van der Waals surface area contributed by atoms with E-state index in [1.165, 1.54) is 0 Å². The zero-order valence-electron chi connectivity index (χ0n) is 16.3. The van der Waals surface area contributed by atoms with E-state index in [1.807, 2.05) is 54.6 Å². The number of rotatable bonds is 2. The molecule has 1 fully saturated rings. The van der Waals surface area contributed by atoms with Crippen LogP contribution in [0.25, 0.3) is 22.6 Å². The lowest BCUT2D eigenvalue weighted by molar-refractivity contribution is -0.0312. The van der Waals surface area contributed by atoms with E-state index >= 15 is 0 Å². The van der Waals surface area contributed by atoms with Gasteiger partial charge in [-0.05, 0) is 56.0 Å². The number of carbonyl (C=O) groups excluding carboxylic acids is 1. The fourth-order valence-corrected chi connectivity index (χ4v) is 4.84. The number of esters is 1. The molecule has 1 spiro atoms. The molecule has 6 heteroatoms. The highest BCUT2D eigenvalue weighted by Crippen LogP contribution is 2.49. The van der Waals surface area contributed by atoms with E-state index < -0.39 is 5.60 Å². The minimum atomic E-state index is -0.472. The van der Waals surface area contributed by atoms with Crippen molar-refractivity contribution in [3.63, 3.8) is 0 Å². The Labute approximate surface area is 173 Å². The lowest BCUT2D eigenvalue weighted by Gasteiger charge is -2.35. The number of aromatic nitrogens is 4. The van der Waals surface area contributed by atoms with Crippen LogP contribution in [0.15, 0.2) is 60.8 Å². The fourth-order valence-electron chi connectivity index (χ4n) is 4.84. The van der Waals surface area contributed by atoms with Crippen molar-refractivity contribution in [2.75, 3.05) is 0 Å². The summed E-state index contributed by atoms with van der Waals surface area (Å²) in [6.45, 7) is 0. The molecule has 1 N–H and O–H groups in total. The van der Waals surface area contributed by atoms with E-state index in [9.17, 15) is 4.79 Å². The van der Waals surface area contributed by atoms with Crippen LogP contribution in [0, 0.1) is 0 Å². The van der Waals surface area contributed by atoms with Crippen molar-refractivity contribution in [1.29, 1.82) is 0 Å². The molecule has 2 aliphatic rings. The van der Waals surface area contributed by atoms with E-state index in [4.69, 9.17) is 14.7 Å². The highest BCUT2D eigenvalue weighted by molar-refractivity contribution is 5.94. The summed E-state index contributed by atoms with van der Waals surface area (Å²) in [6.07, 6.45) is 5.21. The number of ether oxygens (including phenoxy) is 1. The van der Waals surface area contributed by atoms with Crippen LogP contribution < -0.4 is 0 Å². The number of hydrogen-bond donors (Lipinski definition) is 1. The van der Waals surface area contributed by atoms with Crippen LogP contribution >= 0.6 is 0 Å². The Bertz CT molecular complexity index is 1260. The summed E-state index contributed by atoms with van der Waals surface area (Å²) in [6, 6.07) is 17.6. The Hall–Kier alpha value is -3.54. The molecule has 4 heterocycles. The quantitative estimate of drug-likeness (QED) is 0.495. The summed E-state index contributed by atoms with van der Waals surface area (Å²) in [5.41, 5.74) is 4.59. The van der Waals surface area contributed by atoms with Crippen LogP contribution in [0.5, 0.6) is 0 Å². The maximum Gasteiger partial charge on any atom is 0.339 e. The van der Waals surface area contributed by atoms with Crippen LogP contribution in [0.1, 0.15) is 53.3 Å². The molecule has 3 aromatic heterocycles. The van der Waals surface area contributed by atoms with Gasteiger partial charge in [0.25, 0.3) is 0 Å². The first-order valence-electron chi connectivity index (χ1n) is 10.3. The van der Waals surface area contributed by atoms with Crippen molar-refractivity contribution in [3.05, 3.63) is 77.7 Å². The maximum atomic E-state index is 12.3. The first kappa shape index (κ1) is 17.3. The average molecular weight is 396 g/mol. The summed E-state index contributed by atoms with van der Waals surface area (Å²) in [5.74, 6) is 1.07. The van der Waals surface area contributed by atoms with Gasteiger partial charge >= 0.3 is 5.97 Å². The van der Waals surface area contributed by atoms with Gasteiger partial charge in [-0.15, -0.1) is 0 Å². The smallest absolute Gasteiger partial charge is 0.339 e. The second-order valence-corrected chi connectivity index (χ2v) is 8.11. The van der Waals surface area contributed by atoms with Gasteiger partial charge in [-0.1, -0.05) is 24.3 Å². The Morgan fingerprint density at radius 3 is 2.60 bits per heavy atom. The monoisotopic (exact) mass is 396 g/mol. The number of nitrogens with zero attached hydrogens (tertiary/aromatic N) is 3. The van der Waals surface area contributed by atoms with Gasteiger partial charge in [0, 0.05) is 17.7 Å². The zero-order chi connectivity index (χ0) is 20.1. The molecular formula is C24H20N4O2. The number of benzene rings is 1. The third kappa shape index (κ3) is 2.64. The minimum absolute atomic E-state index is 0.195. The number of nitrogens with one attached hydrogen (secondary N) is 1. The van der Waals surface area contributed by atoms with Gasteiger partial charge in [-0.3, -0.25) is 4.98 Å². The summed E-state index contributed by atoms with van der Waals surface area (Å²) >= 11 is 0. The van der Waals surface area contributed by atoms with Crippen LogP contribution in [-0.4, -0.2) is 25.9 Å². The molecule has 6 rings (SSSR count). The molecule has 0 atom stereocenters. The molecule has 1 aliphatic carbocycles. The molecule has 0 bridgehead atoms.